The maximum atomic E-state index is 5.38. The van der Waals surface area contributed by atoms with E-state index in [2.05, 4.69) is 49.1 Å². The highest BCUT2D eigenvalue weighted by Gasteiger charge is 2.08. The van der Waals surface area contributed by atoms with Gasteiger partial charge in [-0.2, -0.15) is 0 Å². The summed E-state index contributed by atoms with van der Waals surface area (Å²) in [5.74, 6) is 0. The molecule has 0 atom stereocenters. The largest absolute Gasteiger partial charge is 0.337 e. The lowest BCUT2D eigenvalue weighted by Crippen LogP contribution is -2.00. The second-order valence-electron chi connectivity index (χ2n) is 4.16. The van der Waals surface area contributed by atoms with Gasteiger partial charge in [-0.15, -0.1) is 11.3 Å². The average molecular weight is 351 g/mol. The van der Waals surface area contributed by atoms with E-state index in [1.807, 2.05) is 24.4 Å². The van der Waals surface area contributed by atoms with Crippen LogP contribution in [-0.4, -0.2) is 9.55 Å². The van der Waals surface area contributed by atoms with E-state index >= 15 is 0 Å². The summed E-state index contributed by atoms with van der Waals surface area (Å²) in [5, 5.41) is 2.09. The van der Waals surface area contributed by atoms with Crippen molar-refractivity contribution in [2.75, 3.05) is 0 Å². The third-order valence-electron chi connectivity index (χ3n) is 2.87. The van der Waals surface area contributed by atoms with Crippen LogP contribution in [0, 0.1) is 4.77 Å². The fraction of sp³-hybridized carbons (Fsp3) is 0.0714. The Balaban J connectivity index is 2.02. The molecule has 2 nitrogen and oxygen atoms in total. The first-order valence-corrected chi connectivity index (χ1v) is 7.88. The molecule has 2 heterocycles. The first-order chi connectivity index (χ1) is 9.24. The molecule has 0 fully saturated rings. The summed E-state index contributed by atoms with van der Waals surface area (Å²) in [4.78, 5) is 4.41. The predicted octanol–water partition coefficient (Wildman–Crippen LogP) is 5.08. The lowest BCUT2D eigenvalue weighted by atomic mass is 10.2. The Bertz CT molecular complexity index is 740. The van der Waals surface area contributed by atoms with Crippen LogP contribution in [0.4, 0.5) is 0 Å². The molecule has 0 saturated carbocycles. The van der Waals surface area contributed by atoms with Gasteiger partial charge < -0.3 is 9.55 Å². The molecule has 0 aliphatic heterocycles. The summed E-state index contributed by atoms with van der Waals surface area (Å²) in [5.41, 5.74) is 2.29. The van der Waals surface area contributed by atoms with Crippen molar-refractivity contribution in [1.82, 2.24) is 9.55 Å². The molecule has 0 amide bonds. The molecule has 3 rings (SSSR count). The van der Waals surface area contributed by atoms with Crippen LogP contribution in [0.25, 0.3) is 11.3 Å². The number of aromatic nitrogens is 2. The number of nitrogens with one attached hydrogen (secondary N) is 1. The normalized spacial score (nSPS) is 10.8. The Morgan fingerprint density at radius 2 is 2.05 bits per heavy atom. The van der Waals surface area contributed by atoms with Crippen LogP contribution in [0.5, 0.6) is 0 Å². The fourth-order valence-corrected chi connectivity index (χ4v) is 3.65. The number of thiophene rings is 1. The first-order valence-electron chi connectivity index (χ1n) is 5.80. The van der Waals surface area contributed by atoms with Gasteiger partial charge in [0.25, 0.3) is 0 Å². The molecule has 19 heavy (non-hydrogen) atoms. The highest BCUT2D eigenvalue weighted by molar-refractivity contribution is 9.10. The Morgan fingerprint density at radius 3 is 2.74 bits per heavy atom. The van der Waals surface area contributed by atoms with Gasteiger partial charge in [0.1, 0.15) is 0 Å². The monoisotopic (exact) mass is 350 g/mol. The summed E-state index contributed by atoms with van der Waals surface area (Å²) in [6.07, 6.45) is 1.97. The van der Waals surface area contributed by atoms with Gasteiger partial charge in [-0.3, -0.25) is 0 Å². The number of hydrogen-bond donors (Lipinski definition) is 1. The highest BCUT2D eigenvalue weighted by Crippen LogP contribution is 2.24. The second kappa shape index (κ2) is 5.45. The minimum Gasteiger partial charge on any atom is -0.337 e. The van der Waals surface area contributed by atoms with E-state index in [-0.39, 0.29) is 0 Å². The van der Waals surface area contributed by atoms with Gasteiger partial charge >= 0.3 is 0 Å². The lowest BCUT2D eigenvalue weighted by molar-refractivity contribution is 0.803. The molecule has 96 valence electrons. The molecular weight excluding hydrogens is 340 g/mol. The van der Waals surface area contributed by atoms with Crippen molar-refractivity contribution < 1.29 is 0 Å². The Labute approximate surface area is 128 Å². The summed E-state index contributed by atoms with van der Waals surface area (Å²) < 4.78 is 4.00. The van der Waals surface area contributed by atoms with Crippen LogP contribution >= 0.6 is 39.5 Å². The van der Waals surface area contributed by atoms with E-state index in [1.54, 1.807) is 11.3 Å². The number of imidazole rings is 1. The van der Waals surface area contributed by atoms with E-state index in [4.69, 9.17) is 12.2 Å². The van der Waals surface area contributed by atoms with Crippen molar-refractivity contribution in [3.63, 3.8) is 0 Å². The Hall–Kier alpha value is -1.17. The van der Waals surface area contributed by atoms with E-state index < -0.39 is 0 Å². The molecule has 1 aromatic carbocycles. The molecule has 0 saturated heterocycles. The number of aromatic amines is 1. The summed E-state index contributed by atoms with van der Waals surface area (Å²) in [7, 11) is 0. The lowest BCUT2D eigenvalue weighted by Gasteiger charge is -2.07. The summed E-state index contributed by atoms with van der Waals surface area (Å²) in [6, 6.07) is 12.4. The van der Waals surface area contributed by atoms with Crippen molar-refractivity contribution in [2.45, 2.75) is 6.54 Å². The molecule has 3 aromatic rings. The molecule has 0 bridgehead atoms. The molecule has 0 aliphatic rings. The van der Waals surface area contributed by atoms with Crippen LogP contribution in [0.3, 0.4) is 0 Å². The van der Waals surface area contributed by atoms with Crippen molar-refractivity contribution in [3.05, 3.63) is 62.1 Å². The van der Waals surface area contributed by atoms with Crippen molar-refractivity contribution >= 4 is 39.5 Å². The molecule has 0 spiro atoms. The zero-order chi connectivity index (χ0) is 13.2. The number of nitrogens with zero attached hydrogens (tertiary/aromatic N) is 1. The van der Waals surface area contributed by atoms with Gasteiger partial charge in [0.2, 0.25) is 0 Å². The Morgan fingerprint density at radius 1 is 1.26 bits per heavy atom. The smallest absolute Gasteiger partial charge is 0.177 e. The van der Waals surface area contributed by atoms with Crippen LogP contribution in [0.1, 0.15) is 4.88 Å². The predicted molar refractivity (Wildman–Crippen MR) is 86.2 cm³/mol. The van der Waals surface area contributed by atoms with Crippen LogP contribution in [0.15, 0.2) is 52.4 Å². The van der Waals surface area contributed by atoms with Gasteiger partial charge in [0.15, 0.2) is 4.77 Å². The minimum absolute atomic E-state index is 0.753. The molecule has 0 aliphatic carbocycles. The zero-order valence-electron chi connectivity index (χ0n) is 9.97. The number of rotatable bonds is 3. The van der Waals surface area contributed by atoms with Crippen LogP contribution in [-0.2, 0) is 6.54 Å². The van der Waals surface area contributed by atoms with Gasteiger partial charge in [0.05, 0.1) is 12.2 Å². The number of hydrogen-bond acceptors (Lipinski definition) is 2. The Kier molecular flexibility index (Phi) is 3.68. The number of benzene rings is 1. The molecule has 0 radical (unpaired) electrons. The van der Waals surface area contributed by atoms with Gasteiger partial charge in [-0.05, 0) is 39.8 Å². The molecule has 1 N–H and O–H groups in total. The van der Waals surface area contributed by atoms with E-state index in [9.17, 15) is 0 Å². The standard InChI is InChI=1S/C14H11BrN2S2/c15-11-6-12(19-9-11)8-17-13(7-16-14(17)18)10-4-2-1-3-5-10/h1-7,9H,8H2,(H,16,18). The fourth-order valence-electron chi connectivity index (χ4n) is 1.99. The van der Waals surface area contributed by atoms with E-state index in [0.717, 1.165) is 21.5 Å². The minimum atomic E-state index is 0.753. The van der Waals surface area contributed by atoms with Crippen molar-refractivity contribution in [2.24, 2.45) is 0 Å². The van der Waals surface area contributed by atoms with Gasteiger partial charge in [-0.25, -0.2) is 0 Å². The summed E-state index contributed by atoms with van der Waals surface area (Å²) in [6.45, 7) is 0.794. The van der Waals surface area contributed by atoms with E-state index in [1.165, 1.54) is 10.4 Å². The highest BCUT2D eigenvalue weighted by atomic mass is 79.9. The second-order valence-corrected chi connectivity index (χ2v) is 6.46. The SMILES string of the molecule is S=c1[nH]cc(-c2ccccc2)n1Cc1cc(Br)cs1. The topological polar surface area (TPSA) is 20.7 Å². The van der Waals surface area contributed by atoms with Gasteiger partial charge in [-0.1, -0.05) is 30.3 Å². The first kappa shape index (κ1) is 12.8. The van der Waals surface area contributed by atoms with E-state index in [0.29, 0.717) is 0 Å². The number of halogens is 1. The number of H-pyrrole nitrogens is 1. The summed E-state index contributed by atoms with van der Waals surface area (Å²) >= 11 is 10.6. The van der Waals surface area contributed by atoms with Crippen LogP contribution < -0.4 is 0 Å². The molecule has 2 aromatic heterocycles. The maximum absolute atomic E-state index is 5.38. The van der Waals surface area contributed by atoms with Crippen molar-refractivity contribution in [3.8, 4) is 11.3 Å². The molecular formula is C14H11BrN2S2. The maximum Gasteiger partial charge on any atom is 0.177 e. The molecule has 0 unspecified atom stereocenters. The third-order valence-corrected chi connectivity index (χ3v) is 4.89. The average Bonchev–Trinajstić information content (AvgIpc) is 2.99. The third kappa shape index (κ3) is 2.73. The quantitative estimate of drug-likeness (QED) is 0.652. The molecule has 5 heteroatoms. The van der Waals surface area contributed by atoms with Crippen LogP contribution in [0.2, 0.25) is 0 Å². The van der Waals surface area contributed by atoms with Gasteiger partial charge in [0, 0.05) is 20.9 Å². The zero-order valence-corrected chi connectivity index (χ0v) is 13.2. The van der Waals surface area contributed by atoms with Crippen molar-refractivity contribution in [1.29, 1.82) is 0 Å².